The average Bonchev–Trinajstić information content (AvgIpc) is 2.45. The van der Waals surface area contributed by atoms with Crippen LogP contribution in [0.4, 0.5) is 0 Å². The van der Waals surface area contributed by atoms with E-state index in [2.05, 4.69) is 48.3 Å². The maximum Gasteiger partial charge on any atom is 0.0294 e. The predicted molar refractivity (Wildman–Crippen MR) is 82.5 cm³/mol. The largest absolute Gasteiger partial charge is 0.310 e. The molecule has 0 aliphatic carbocycles. The van der Waals surface area contributed by atoms with Crippen molar-refractivity contribution in [1.29, 1.82) is 0 Å². The van der Waals surface area contributed by atoms with Crippen LogP contribution in [0.25, 0.3) is 0 Å². The zero-order valence-electron chi connectivity index (χ0n) is 12.5. The van der Waals surface area contributed by atoms with Crippen molar-refractivity contribution in [2.24, 2.45) is 0 Å². The molecule has 1 aromatic carbocycles. The maximum absolute atomic E-state index is 3.65. The highest BCUT2D eigenvalue weighted by Crippen LogP contribution is 2.16. The molecule has 2 heteroatoms. The smallest absolute Gasteiger partial charge is 0.0294 e. The minimum atomic E-state index is 0.461. The minimum absolute atomic E-state index is 0.461. The summed E-state index contributed by atoms with van der Waals surface area (Å²) in [6.07, 6.45) is 5.48. The van der Waals surface area contributed by atoms with Crippen molar-refractivity contribution >= 4 is 0 Å². The van der Waals surface area contributed by atoms with E-state index >= 15 is 0 Å². The van der Waals surface area contributed by atoms with Crippen LogP contribution in [-0.4, -0.2) is 31.1 Å². The molecule has 0 aromatic heterocycles. The Morgan fingerprint density at radius 1 is 1.16 bits per heavy atom. The number of likely N-dealkylation sites (tertiary alicyclic amines) is 1. The topological polar surface area (TPSA) is 15.3 Å². The van der Waals surface area contributed by atoms with E-state index in [9.17, 15) is 0 Å². The molecule has 2 nitrogen and oxygen atoms in total. The van der Waals surface area contributed by atoms with Gasteiger partial charge in [0.2, 0.25) is 0 Å². The molecule has 1 N–H and O–H groups in total. The molecule has 2 rings (SSSR count). The highest BCUT2D eigenvalue weighted by molar-refractivity contribution is 5.28. The molecular formula is C17H28N2. The van der Waals surface area contributed by atoms with Crippen LogP contribution >= 0.6 is 0 Å². The summed E-state index contributed by atoms with van der Waals surface area (Å²) in [6, 6.07) is 9.14. The van der Waals surface area contributed by atoms with Gasteiger partial charge in [-0.3, -0.25) is 0 Å². The Morgan fingerprint density at radius 2 is 1.89 bits per heavy atom. The molecule has 1 heterocycles. The van der Waals surface area contributed by atoms with Crippen molar-refractivity contribution in [3.05, 3.63) is 35.4 Å². The van der Waals surface area contributed by atoms with Crippen molar-refractivity contribution in [3.63, 3.8) is 0 Å². The van der Waals surface area contributed by atoms with E-state index < -0.39 is 0 Å². The number of aryl methyl sites for hydroxylation is 1. The molecule has 0 radical (unpaired) electrons. The summed E-state index contributed by atoms with van der Waals surface area (Å²) in [5, 5.41) is 3.65. The van der Waals surface area contributed by atoms with E-state index in [1.54, 1.807) is 0 Å². The molecule has 0 saturated carbocycles. The van der Waals surface area contributed by atoms with Gasteiger partial charge in [0.15, 0.2) is 0 Å². The molecular weight excluding hydrogens is 232 g/mol. The van der Waals surface area contributed by atoms with Crippen LogP contribution in [-0.2, 0) is 0 Å². The zero-order chi connectivity index (χ0) is 13.5. The second-order valence-electron chi connectivity index (χ2n) is 5.79. The Bertz CT molecular complexity index is 369. The third kappa shape index (κ3) is 4.63. The van der Waals surface area contributed by atoms with Gasteiger partial charge in [0, 0.05) is 6.04 Å². The number of nitrogens with one attached hydrogen (secondary N) is 1. The minimum Gasteiger partial charge on any atom is -0.310 e. The van der Waals surface area contributed by atoms with Gasteiger partial charge in [-0.1, -0.05) is 30.7 Å². The van der Waals surface area contributed by atoms with Gasteiger partial charge in [0.05, 0.1) is 0 Å². The summed E-state index contributed by atoms with van der Waals surface area (Å²) < 4.78 is 0. The third-order valence-electron chi connectivity index (χ3n) is 4.21. The Balaban J connectivity index is 1.66. The van der Waals surface area contributed by atoms with Crippen molar-refractivity contribution in [2.75, 3.05) is 26.2 Å². The molecule has 0 amide bonds. The fraction of sp³-hybridized carbons (Fsp3) is 0.647. The Kier molecular flexibility index (Phi) is 5.87. The highest BCUT2D eigenvalue weighted by atomic mass is 15.1. The van der Waals surface area contributed by atoms with Crippen LogP contribution in [0.3, 0.4) is 0 Å². The first kappa shape index (κ1) is 14.5. The van der Waals surface area contributed by atoms with Crippen molar-refractivity contribution < 1.29 is 0 Å². The van der Waals surface area contributed by atoms with E-state index in [1.807, 2.05) is 0 Å². The fourth-order valence-electron chi connectivity index (χ4n) is 2.99. The average molecular weight is 260 g/mol. The van der Waals surface area contributed by atoms with Gasteiger partial charge < -0.3 is 10.2 Å². The molecule has 1 aromatic rings. The first-order valence-corrected chi connectivity index (χ1v) is 7.78. The lowest BCUT2D eigenvalue weighted by molar-refractivity contribution is 0.225. The number of hydrogen-bond acceptors (Lipinski definition) is 2. The fourth-order valence-corrected chi connectivity index (χ4v) is 2.99. The Hall–Kier alpha value is -0.860. The second kappa shape index (κ2) is 7.66. The van der Waals surface area contributed by atoms with Crippen LogP contribution in [0.15, 0.2) is 24.3 Å². The first-order chi connectivity index (χ1) is 9.27. The number of nitrogens with zero attached hydrogens (tertiary/aromatic N) is 1. The maximum atomic E-state index is 3.65. The lowest BCUT2D eigenvalue weighted by Crippen LogP contribution is -2.32. The summed E-state index contributed by atoms with van der Waals surface area (Å²) in [5.41, 5.74) is 2.82. The first-order valence-electron chi connectivity index (χ1n) is 7.78. The van der Waals surface area contributed by atoms with Gasteiger partial charge in [0.25, 0.3) is 0 Å². The Labute approximate surface area is 118 Å². The number of hydrogen-bond donors (Lipinski definition) is 1. The van der Waals surface area contributed by atoms with Crippen LogP contribution in [0, 0.1) is 6.92 Å². The summed E-state index contributed by atoms with van der Waals surface area (Å²) in [5.74, 6) is 0. The van der Waals surface area contributed by atoms with Gasteiger partial charge in [-0.25, -0.2) is 0 Å². The van der Waals surface area contributed by atoms with Gasteiger partial charge in [-0.15, -0.1) is 0 Å². The molecule has 0 spiro atoms. The zero-order valence-corrected chi connectivity index (χ0v) is 12.5. The molecule has 1 unspecified atom stereocenters. The van der Waals surface area contributed by atoms with E-state index in [0.29, 0.717) is 6.04 Å². The standard InChI is InChI=1S/C17H28N2/c1-15-9-4-5-10-17(15)16(2)18-11-8-14-19-12-6-3-7-13-19/h4-5,9-10,16,18H,3,6-8,11-14H2,1-2H3. The van der Waals surface area contributed by atoms with Crippen LogP contribution < -0.4 is 5.32 Å². The van der Waals surface area contributed by atoms with Gasteiger partial charge in [-0.2, -0.15) is 0 Å². The van der Waals surface area contributed by atoms with E-state index in [-0.39, 0.29) is 0 Å². The normalized spacial score (nSPS) is 18.4. The number of benzene rings is 1. The summed E-state index contributed by atoms with van der Waals surface area (Å²) in [7, 11) is 0. The lowest BCUT2D eigenvalue weighted by Gasteiger charge is -2.26. The van der Waals surface area contributed by atoms with Gasteiger partial charge in [0.1, 0.15) is 0 Å². The summed E-state index contributed by atoms with van der Waals surface area (Å²) >= 11 is 0. The summed E-state index contributed by atoms with van der Waals surface area (Å²) in [6.45, 7) is 9.46. The van der Waals surface area contributed by atoms with Gasteiger partial charge in [-0.05, 0) is 70.4 Å². The number of rotatable bonds is 6. The second-order valence-corrected chi connectivity index (χ2v) is 5.79. The predicted octanol–water partition coefficient (Wildman–Crippen LogP) is 3.52. The third-order valence-corrected chi connectivity index (χ3v) is 4.21. The van der Waals surface area contributed by atoms with E-state index in [1.165, 1.54) is 56.4 Å². The lowest BCUT2D eigenvalue weighted by atomic mass is 10.0. The molecule has 1 atom stereocenters. The molecule has 19 heavy (non-hydrogen) atoms. The summed E-state index contributed by atoms with van der Waals surface area (Å²) in [4.78, 5) is 2.61. The Morgan fingerprint density at radius 3 is 2.63 bits per heavy atom. The molecule has 1 saturated heterocycles. The molecule has 0 bridgehead atoms. The molecule has 106 valence electrons. The van der Waals surface area contributed by atoms with Crippen molar-refractivity contribution in [3.8, 4) is 0 Å². The quantitative estimate of drug-likeness (QED) is 0.787. The van der Waals surface area contributed by atoms with E-state index in [0.717, 1.165) is 6.54 Å². The van der Waals surface area contributed by atoms with Crippen LogP contribution in [0.1, 0.15) is 49.8 Å². The molecule has 1 aliphatic rings. The van der Waals surface area contributed by atoms with E-state index in [4.69, 9.17) is 0 Å². The molecule has 1 aliphatic heterocycles. The number of piperidine rings is 1. The van der Waals surface area contributed by atoms with Crippen LogP contribution in [0.5, 0.6) is 0 Å². The van der Waals surface area contributed by atoms with Crippen molar-refractivity contribution in [1.82, 2.24) is 10.2 Å². The van der Waals surface area contributed by atoms with Crippen molar-refractivity contribution in [2.45, 2.75) is 45.6 Å². The van der Waals surface area contributed by atoms with Crippen LogP contribution in [0.2, 0.25) is 0 Å². The monoisotopic (exact) mass is 260 g/mol. The highest BCUT2D eigenvalue weighted by Gasteiger charge is 2.10. The van der Waals surface area contributed by atoms with Gasteiger partial charge >= 0.3 is 0 Å². The SMILES string of the molecule is Cc1ccccc1C(C)NCCCN1CCCCC1. The molecule has 1 fully saturated rings.